The predicted molar refractivity (Wildman–Crippen MR) is 90.8 cm³/mol. The Morgan fingerprint density at radius 1 is 1.17 bits per heavy atom. The topological polar surface area (TPSA) is 69.0 Å². The second-order valence-electron chi connectivity index (χ2n) is 5.16. The van der Waals surface area contributed by atoms with E-state index in [1.807, 2.05) is 36.5 Å². The minimum Gasteiger partial charge on any atom is -0.496 e. The summed E-state index contributed by atoms with van der Waals surface area (Å²) < 4.78 is 7.00. The highest BCUT2D eigenvalue weighted by Crippen LogP contribution is 2.17. The van der Waals surface area contributed by atoms with E-state index >= 15 is 0 Å². The Hall–Kier alpha value is -3.15. The molecular weight excluding hydrogens is 304 g/mol. The van der Waals surface area contributed by atoms with Crippen molar-refractivity contribution in [2.75, 3.05) is 13.7 Å². The first-order chi connectivity index (χ1) is 11.8. The maximum absolute atomic E-state index is 12.2. The van der Waals surface area contributed by atoms with E-state index in [2.05, 4.69) is 15.4 Å². The maximum Gasteiger partial charge on any atom is 0.255 e. The number of para-hydroxylation sites is 1. The minimum atomic E-state index is -0.158. The highest BCUT2D eigenvalue weighted by atomic mass is 16.5. The van der Waals surface area contributed by atoms with Crippen molar-refractivity contribution < 1.29 is 9.53 Å². The lowest BCUT2D eigenvalue weighted by atomic mass is 10.2. The van der Waals surface area contributed by atoms with Crippen LogP contribution in [-0.4, -0.2) is 34.3 Å². The van der Waals surface area contributed by atoms with Crippen molar-refractivity contribution in [3.63, 3.8) is 0 Å². The second-order valence-corrected chi connectivity index (χ2v) is 5.16. The molecule has 0 atom stereocenters. The van der Waals surface area contributed by atoms with Crippen LogP contribution in [0.3, 0.4) is 0 Å². The number of nitrogens with zero attached hydrogens (tertiary/aromatic N) is 3. The molecule has 6 nitrogen and oxygen atoms in total. The van der Waals surface area contributed by atoms with Crippen molar-refractivity contribution in [2.24, 2.45) is 0 Å². The second kappa shape index (κ2) is 7.41. The standard InChI is InChI=1S/C18H18N4O2/c1-24-17-5-3-2-4-15(17)18(23)20-11-13-22-12-8-16(21-22)14-6-9-19-10-7-14/h2-10,12H,11,13H2,1H3,(H,20,23). The Morgan fingerprint density at radius 2 is 1.96 bits per heavy atom. The Kier molecular flexibility index (Phi) is 4.86. The summed E-state index contributed by atoms with van der Waals surface area (Å²) in [5, 5.41) is 7.38. The molecule has 0 aliphatic rings. The van der Waals surface area contributed by atoms with Gasteiger partial charge in [-0.2, -0.15) is 5.10 Å². The average Bonchev–Trinajstić information content (AvgIpc) is 3.11. The van der Waals surface area contributed by atoms with Gasteiger partial charge in [-0.3, -0.25) is 14.5 Å². The first kappa shape index (κ1) is 15.7. The fraction of sp³-hybridized carbons (Fsp3) is 0.167. The minimum absolute atomic E-state index is 0.158. The van der Waals surface area contributed by atoms with E-state index in [1.54, 1.807) is 36.3 Å². The molecule has 0 bridgehead atoms. The fourth-order valence-electron chi connectivity index (χ4n) is 2.37. The number of hydrogen-bond donors (Lipinski definition) is 1. The van der Waals surface area contributed by atoms with Crippen LogP contribution in [0.25, 0.3) is 11.3 Å². The summed E-state index contributed by atoms with van der Waals surface area (Å²) in [5.41, 5.74) is 2.42. The van der Waals surface area contributed by atoms with E-state index in [0.29, 0.717) is 24.4 Å². The van der Waals surface area contributed by atoms with Crippen molar-refractivity contribution >= 4 is 5.91 Å². The molecule has 0 saturated heterocycles. The van der Waals surface area contributed by atoms with Gasteiger partial charge in [0.15, 0.2) is 0 Å². The molecule has 0 unspecified atom stereocenters. The van der Waals surface area contributed by atoms with Gasteiger partial charge in [-0.05, 0) is 30.3 Å². The van der Waals surface area contributed by atoms with Crippen LogP contribution in [0.2, 0.25) is 0 Å². The van der Waals surface area contributed by atoms with Gasteiger partial charge in [0.25, 0.3) is 5.91 Å². The molecule has 0 saturated carbocycles. The maximum atomic E-state index is 12.2. The molecule has 0 aliphatic heterocycles. The summed E-state index contributed by atoms with van der Waals surface area (Å²) >= 11 is 0. The van der Waals surface area contributed by atoms with Crippen LogP contribution >= 0.6 is 0 Å². The fourth-order valence-corrected chi connectivity index (χ4v) is 2.37. The molecular formula is C18H18N4O2. The normalized spacial score (nSPS) is 10.4. The van der Waals surface area contributed by atoms with Gasteiger partial charge in [0.1, 0.15) is 5.75 Å². The Bertz CT molecular complexity index is 815. The molecule has 0 aliphatic carbocycles. The van der Waals surface area contributed by atoms with Crippen LogP contribution in [0.15, 0.2) is 61.1 Å². The Labute approximate surface area is 140 Å². The Morgan fingerprint density at radius 3 is 2.75 bits per heavy atom. The van der Waals surface area contributed by atoms with Crippen LogP contribution in [0, 0.1) is 0 Å². The third kappa shape index (κ3) is 3.60. The summed E-state index contributed by atoms with van der Waals surface area (Å²) in [6.07, 6.45) is 5.37. The third-order valence-corrected chi connectivity index (χ3v) is 3.59. The smallest absolute Gasteiger partial charge is 0.255 e. The predicted octanol–water partition coefficient (Wildman–Crippen LogP) is 2.38. The summed E-state index contributed by atoms with van der Waals surface area (Å²) in [7, 11) is 1.55. The summed E-state index contributed by atoms with van der Waals surface area (Å²) in [5.74, 6) is 0.406. The van der Waals surface area contributed by atoms with Gasteiger partial charge in [-0.25, -0.2) is 0 Å². The van der Waals surface area contributed by atoms with Gasteiger partial charge in [-0.1, -0.05) is 12.1 Å². The number of ether oxygens (including phenoxy) is 1. The molecule has 0 radical (unpaired) electrons. The first-order valence-corrected chi connectivity index (χ1v) is 7.63. The summed E-state index contributed by atoms with van der Waals surface area (Å²) in [6.45, 7) is 1.07. The molecule has 1 N–H and O–H groups in total. The number of carbonyl (C=O) groups excluding carboxylic acids is 1. The Balaban J connectivity index is 1.57. The average molecular weight is 322 g/mol. The molecule has 1 amide bonds. The number of methoxy groups -OCH3 is 1. The van der Waals surface area contributed by atoms with Gasteiger partial charge in [0.2, 0.25) is 0 Å². The third-order valence-electron chi connectivity index (χ3n) is 3.59. The lowest BCUT2D eigenvalue weighted by molar-refractivity contribution is 0.0949. The number of hydrogen-bond acceptors (Lipinski definition) is 4. The van der Waals surface area contributed by atoms with Crippen molar-refractivity contribution in [3.05, 3.63) is 66.6 Å². The zero-order valence-electron chi connectivity index (χ0n) is 13.3. The molecule has 3 aromatic rings. The van der Waals surface area contributed by atoms with E-state index < -0.39 is 0 Å². The van der Waals surface area contributed by atoms with Gasteiger partial charge >= 0.3 is 0 Å². The number of nitrogens with one attached hydrogen (secondary N) is 1. The molecule has 122 valence electrons. The lowest BCUT2D eigenvalue weighted by Gasteiger charge is -2.09. The lowest BCUT2D eigenvalue weighted by Crippen LogP contribution is -2.27. The molecule has 2 heterocycles. The zero-order chi connectivity index (χ0) is 16.8. The van der Waals surface area contributed by atoms with Crippen LogP contribution in [0.5, 0.6) is 5.75 Å². The molecule has 1 aromatic carbocycles. The van der Waals surface area contributed by atoms with Crippen molar-refractivity contribution in [1.82, 2.24) is 20.1 Å². The monoisotopic (exact) mass is 322 g/mol. The zero-order valence-corrected chi connectivity index (χ0v) is 13.3. The molecule has 3 rings (SSSR count). The molecule has 0 fully saturated rings. The van der Waals surface area contributed by atoms with Crippen LogP contribution < -0.4 is 10.1 Å². The summed E-state index contributed by atoms with van der Waals surface area (Å²) in [4.78, 5) is 16.2. The molecule has 24 heavy (non-hydrogen) atoms. The largest absolute Gasteiger partial charge is 0.496 e. The van der Waals surface area contributed by atoms with Crippen LogP contribution in [0.1, 0.15) is 10.4 Å². The number of carbonyl (C=O) groups is 1. The van der Waals surface area contributed by atoms with E-state index in [4.69, 9.17) is 4.74 Å². The van der Waals surface area contributed by atoms with Crippen molar-refractivity contribution in [3.8, 4) is 17.0 Å². The quantitative estimate of drug-likeness (QED) is 0.756. The van der Waals surface area contributed by atoms with E-state index in [9.17, 15) is 4.79 Å². The first-order valence-electron chi connectivity index (χ1n) is 7.63. The van der Waals surface area contributed by atoms with Crippen LogP contribution in [-0.2, 0) is 6.54 Å². The van der Waals surface area contributed by atoms with Gasteiger partial charge < -0.3 is 10.1 Å². The summed E-state index contributed by atoms with van der Waals surface area (Å²) in [6, 6.07) is 12.9. The van der Waals surface area contributed by atoms with Crippen molar-refractivity contribution in [1.29, 1.82) is 0 Å². The number of pyridine rings is 1. The molecule has 6 heteroatoms. The van der Waals surface area contributed by atoms with E-state index in [-0.39, 0.29) is 5.91 Å². The highest BCUT2D eigenvalue weighted by molar-refractivity contribution is 5.96. The van der Waals surface area contributed by atoms with Crippen molar-refractivity contribution in [2.45, 2.75) is 6.54 Å². The van der Waals surface area contributed by atoms with Gasteiger partial charge in [-0.15, -0.1) is 0 Å². The number of rotatable bonds is 6. The number of benzene rings is 1. The molecule has 0 spiro atoms. The SMILES string of the molecule is COc1ccccc1C(=O)NCCn1ccc(-c2ccncc2)n1. The van der Waals surface area contributed by atoms with Gasteiger partial charge in [0, 0.05) is 30.7 Å². The number of aromatic nitrogens is 3. The van der Waals surface area contributed by atoms with E-state index in [1.165, 1.54) is 0 Å². The van der Waals surface area contributed by atoms with Gasteiger partial charge in [0.05, 0.1) is 24.9 Å². The van der Waals surface area contributed by atoms with Crippen LogP contribution in [0.4, 0.5) is 0 Å². The highest BCUT2D eigenvalue weighted by Gasteiger charge is 2.10. The number of amides is 1. The molecule has 2 aromatic heterocycles. The van der Waals surface area contributed by atoms with E-state index in [0.717, 1.165) is 11.3 Å².